The van der Waals surface area contributed by atoms with Crippen molar-refractivity contribution in [1.82, 2.24) is 0 Å². The fraction of sp³-hybridized carbons (Fsp3) is 0.208. The summed E-state index contributed by atoms with van der Waals surface area (Å²) in [4.78, 5) is 0. The Morgan fingerprint density at radius 1 is 0.760 bits per heavy atom. The maximum atomic E-state index is 9.24. The van der Waals surface area contributed by atoms with Gasteiger partial charge in [0.15, 0.2) is 0 Å². The zero-order valence-corrected chi connectivity index (χ0v) is 14.7. The van der Waals surface area contributed by atoms with Crippen LogP contribution in [0.25, 0.3) is 22.3 Å². The summed E-state index contributed by atoms with van der Waals surface area (Å²) in [6, 6.07) is 27.4. The minimum atomic E-state index is 0.702. The molecule has 3 aromatic rings. The molecule has 0 radical (unpaired) electrons. The summed E-state index contributed by atoms with van der Waals surface area (Å²) in [6.45, 7) is 2.23. The van der Waals surface area contributed by atoms with E-state index in [9.17, 15) is 5.26 Å². The molecular formula is C24H23N. The second-order valence-corrected chi connectivity index (χ2v) is 6.40. The molecule has 0 unspecified atom stereocenters. The Kier molecular flexibility index (Phi) is 5.65. The van der Waals surface area contributed by atoms with E-state index < -0.39 is 0 Å². The van der Waals surface area contributed by atoms with Crippen LogP contribution in [0.3, 0.4) is 0 Å². The highest BCUT2D eigenvalue weighted by atomic mass is 14.2. The zero-order valence-electron chi connectivity index (χ0n) is 14.7. The molecule has 1 heteroatoms. The second kappa shape index (κ2) is 8.31. The number of hydrogen-bond donors (Lipinski definition) is 0. The molecule has 0 heterocycles. The van der Waals surface area contributed by atoms with Gasteiger partial charge in [-0.05, 0) is 52.8 Å². The summed E-state index contributed by atoms with van der Waals surface area (Å²) in [5, 5.41) is 9.24. The molecule has 0 aliphatic heterocycles. The van der Waals surface area contributed by atoms with Crippen molar-refractivity contribution in [2.75, 3.05) is 0 Å². The molecule has 3 aromatic carbocycles. The smallest absolute Gasteiger partial charge is 0.0991 e. The van der Waals surface area contributed by atoms with Crippen LogP contribution in [0.15, 0.2) is 72.8 Å². The van der Waals surface area contributed by atoms with Crippen molar-refractivity contribution < 1.29 is 0 Å². The lowest BCUT2D eigenvalue weighted by Gasteiger charge is -2.13. The Morgan fingerprint density at radius 3 is 2.32 bits per heavy atom. The monoisotopic (exact) mass is 325 g/mol. The lowest BCUT2D eigenvalue weighted by molar-refractivity contribution is 0.717. The van der Waals surface area contributed by atoms with Gasteiger partial charge >= 0.3 is 0 Å². The molecule has 0 bridgehead atoms. The fourth-order valence-corrected chi connectivity index (χ4v) is 3.19. The quantitative estimate of drug-likeness (QED) is 0.467. The van der Waals surface area contributed by atoms with Crippen molar-refractivity contribution in [3.63, 3.8) is 0 Å². The van der Waals surface area contributed by atoms with Crippen molar-refractivity contribution in [2.45, 2.75) is 32.6 Å². The molecule has 0 amide bonds. The molecular weight excluding hydrogens is 302 g/mol. The first kappa shape index (κ1) is 17.0. The van der Waals surface area contributed by atoms with Crippen LogP contribution >= 0.6 is 0 Å². The first-order valence-electron chi connectivity index (χ1n) is 9.00. The summed E-state index contributed by atoms with van der Waals surface area (Å²) in [5.41, 5.74) is 6.81. The van der Waals surface area contributed by atoms with Crippen LogP contribution in [0.4, 0.5) is 0 Å². The Hall–Kier alpha value is -2.85. The van der Waals surface area contributed by atoms with Crippen LogP contribution in [0, 0.1) is 11.3 Å². The molecule has 124 valence electrons. The molecule has 0 saturated carbocycles. The Labute approximate surface area is 150 Å². The molecule has 1 nitrogen and oxygen atoms in total. The molecule has 0 atom stereocenters. The maximum Gasteiger partial charge on any atom is 0.0991 e. The van der Waals surface area contributed by atoms with E-state index >= 15 is 0 Å². The van der Waals surface area contributed by atoms with E-state index in [1.54, 1.807) is 0 Å². The van der Waals surface area contributed by atoms with E-state index in [0.717, 1.165) is 12.0 Å². The van der Waals surface area contributed by atoms with Crippen LogP contribution in [-0.2, 0) is 6.42 Å². The van der Waals surface area contributed by atoms with Gasteiger partial charge in [0.2, 0.25) is 0 Å². The number of unbranched alkanes of at least 4 members (excludes halogenated alkanes) is 2. The Balaban J connectivity index is 2.07. The van der Waals surface area contributed by atoms with E-state index in [1.165, 1.54) is 41.5 Å². The van der Waals surface area contributed by atoms with Gasteiger partial charge in [-0.2, -0.15) is 5.26 Å². The van der Waals surface area contributed by atoms with Gasteiger partial charge in [-0.25, -0.2) is 0 Å². The standard InChI is InChI=1S/C24H23N/c1-2-3-5-9-19-14-15-23(21-11-6-4-7-12-21)24(17-19)22-13-8-10-20(16-22)18-25/h4,6-8,10-17H,2-3,5,9H2,1H3. The maximum absolute atomic E-state index is 9.24. The average Bonchev–Trinajstić information content (AvgIpc) is 2.69. The van der Waals surface area contributed by atoms with Crippen molar-refractivity contribution in [3.8, 4) is 28.3 Å². The number of nitrogens with zero attached hydrogens (tertiary/aromatic N) is 1. The number of nitriles is 1. The minimum Gasteiger partial charge on any atom is -0.192 e. The van der Waals surface area contributed by atoms with Gasteiger partial charge in [-0.15, -0.1) is 0 Å². The summed E-state index contributed by atoms with van der Waals surface area (Å²) < 4.78 is 0. The summed E-state index contributed by atoms with van der Waals surface area (Å²) >= 11 is 0. The van der Waals surface area contributed by atoms with Gasteiger partial charge < -0.3 is 0 Å². The normalized spacial score (nSPS) is 10.4. The molecule has 0 fully saturated rings. The predicted octanol–water partition coefficient (Wildman–Crippen LogP) is 6.62. The highest BCUT2D eigenvalue weighted by Gasteiger charge is 2.09. The van der Waals surface area contributed by atoms with E-state index in [4.69, 9.17) is 0 Å². The van der Waals surface area contributed by atoms with E-state index in [0.29, 0.717) is 5.56 Å². The summed E-state index contributed by atoms with van der Waals surface area (Å²) in [7, 11) is 0. The average molecular weight is 325 g/mol. The first-order valence-corrected chi connectivity index (χ1v) is 9.00. The van der Waals surface area contributed by atoms with Crippen molar-refractivity contribution in [2.24, 2.45) is 0 Å². The zero-order chi connectivity index (χ0) is 17.5. The molecule has 0 spiro atoms. The van der Waals surface area contributed by atoms with Gasteiger partial charge in [-0.3, -0.25) is 0 Å². The van der Waals surface area contributed by atoms with Crippen LogP contribution in [0.1, 0.15) is 37.3 Å². The molecule has 0 aromatic heterocycles. The number of rotatable bonds is 6. The molecule has 3 rings (SSSR count). The van der Waals surface area contributed by atoms with Crippen LogP contribution in [-0.4, -0.2) is 0 Å². The molecule has 25 heavy (non-hydrogen) atoms. The van der Waals surface area contributed by atoms with Gasteiger partial charge in [-0.1, -0.05) is 80.4 Å². The molecule has 0 aliphatic rings. The highest BCUT2D eigenvalue weighted by molar-refractivity contribution is 5.84. The van der Waals surface area contributed by atoms with Gasteiger partial charge in [0, 0.05) is 0 Å². The highest BCUT2D eigenvalue weighted by Crippen LogP contribution is 2.33. The van der Waals surface area contributed by atoms with Crippen LogP contribution in [0.5, 0.6) is 0 Å². The van der Waals surface area contributed by atoms with Gasteiger partial charge in [0.1, 0.15) is 0 Å². The van der Waals surface area contributed by atoms with E-state index in [2.05, 4.69) is 61.5 Å². The fourth-order valence-electron chi connectivity index (χ4n) is 3.19. The van der Waals surface area contributed by atoms with Gasteiger partial charge in [0.25, 0.3) is 0 Å². The van der Waals surface area contributed by atoms with Crippen molar-refractivity contribution in [3.05, 3.63) is 83.9 Å². The largest absolute Gasteiger partial charge is 0.192 e. The van der Waals surface area contributed by atoms with Crippen molar-refractivity contribution in [1.29, 1.82) is 5.26 Å². The molecule has 0 saturated heterocycles. The number of aryl methyl sites for hydroxylation is 1. The van der Waals surface area contributed by atoms with E-state index in [1.807, 2.05) is 24.3 Å². The summed E-state index contributed by atoms with van der Waals surface area (Å²) in [5.74, 6) is 0. The van der Waals surface area contributed by atoms with Crippen molar-refractivity contribution >= 4 is 0 Å². The third-order valence-corrected chi connectivity index (χ3v) is 4.54. The SMILES string of the molecule is CCCCCc1ccc(-c2ccccc2)c(-c2cccc(C#N)c2)c1. The first-order chi connectivity index (χ1) is 12.3. The third-order valence-electron chi connectivity index (χ3n) is 4.54. The lowest BCUT2D eigenvalue weighted by atomic mass is 9.91. The number of hydrogen-bond acceptors (Lipinski definition) is 1. The Bertz CT molecular complexity index is 872. The predicted molar refractivity (Wildman–Crippen MR) is 105 cm³/mol. The Morgan fingerprint density at radius 2 is 1.56 bits per heavy atom. The third kappa shape index (κ3) is 4.17. The second-order valence-electron chi connectivity index (χ2n) is 6.40. The topological polar surface area (TPSA) is 23.8 Å². The molecule has 0 N–H and O–H groups in total. The van der Waals surface area contributed by atoms with E-state index in [-0.39, 0.29) is 0 Å². The lowest BCUT2D eigenvalue weighted by Crippen LogP contribution is -1.91. The molecule has 0 aliphatic carbocycles. The number of benzene rings is 3. The van der Waals surface area contributed by atoms with Gasteiger partial charge in [0.05, 0.1) is 11.6 Å². The van der Waals surface area contributed by atoms with Crippen LogP contribution in [0.2, 0.25) is 0 Å². The van der Waals surface area contributed by atoms with Crippen LogP contribution < -0.4 is 0 Å². The minimum absolute atomic E-state index is 0.702. The summed E-state index contributed by atoms with van der Waals surface area (Å²) in [6.07, 6.45) is 4.82.